The number of rotatable bonds is 4. The van der Waals surface area contributed by atoms with Crippen LogP contribution in [0.15, 0.2) is 45.7 Å². The lowest BCUT2D eigenvalue weighted by Crippen LogP contribution is -2.17. The van der Waals surface area contributed by atoms with Gasteiger partial charge in [-0.1, -0.05) is 30.7 Å². The highest BCUT2D eigenvalue weighted by atomic mass is 79.9. The molecular formula is C16H18BrNO. The molecule has 3 rings (SSSR count). The summed E-state index contributed by atoms with van der Waals surface area (Å²) in [6, 6.07) is 11.2. The molecule has 19 heavy (non-hydrogen) atoms. The lowest BCUT2D eigenvalue weighted by Gasteiger charge is -2.26. The maximum absolute atomic E-state index is 5.33. The maximum Gasteiger partial charge on any atom is 0.174 e. The van der Waals surface area contributed by atoms with Gasteiger partial charge in [0.15, 0.2) is 4.67 Å². The summed E-state index contributed by atoms with van der Waals surface area (Å²) in [5, 5.41) is 3.35. The van der Waals surface area contributed by atoms with Crippen LogP contribution in [0, 0.1) is 0 Å². The van der Waals surface area contributed by atoms with Crippen LogP contribution in [0.3, 0.4) is 0 Å². The summed E-state index contributed by atoms with van der Waals surface area (Å²) in [5.74, 6) is 0.794. The molecule has 0 spiro atoms. The number of halogens is 1. The minimum atomic E-state index is 0.170. The van der Waals surface area contributed by atoms with Crippen LogP contribution in [0.25, 0.3) is 0 Å². The van der Waals surface area contributed by atoms with E-state index < -0.39 is 0 Å². The standard InChI is InChI=1S/C16H18BrNO/c1-18-15(14-9-10-19-16(14)17)13-7-5-12(6-8-13)11-3-2-4-11/h5-11,15,18H,2-4H2,1H3. The number of nitrogens with one attached hydrogen (secondary N) is 1. The molecule has 2 aromatic rings. The Morgan fingerprint density at radius 2 is 1.95 bits per heavy atom. The SMILES string of the molecule is CNC(c1ccc(C2CCC2)cc1)c1ccoc1Br. The van der Waals surface area contributed by atoms with Crippen molar-refractivity contribution < 1.29 is 4.42 Å². The fourth-order valence-electron chi connectivity index (χ4n) is 2.71. The largest absolute Gasteiger partial charge is 0.457 e. The van der Waals surface area contributed by atoms with Crippen LogP contribution in [-0.2, 0) is 0 Å². The van der Waals surface area contributed by atoms with Crippen molar-refractivity contribution in [2.75, 3.05) is 7.05 Å². The fourth-order valence-corrected chi connectivity index (χ4v) is 3.18. The third-order valence-electron chi connectivity index (χ3n) is 4.09. The Kier molecular flexibility index (Phi) is 3.76. The van der Waals surface area contributed by atoms with Crippen molar-refractivity contribution in [3.8, 4) is 0 Å². The Bertz CT molecular complexity index is 542. The van der Waals surface area contributed by atoms with Crippen LogP contribution < -0.4 is 5.32 Å². The van der Waals surface area contributed by atoms with E-state index in [4.69, 9.17) is 4.42 Å². The molecule has 0 aliphatic heterocycles. The van der Waals surface area contributed by atoms with Crippen LogP contribution in [0.2, 0.25) is 0 Å². The van der Waals surface area contributed by atoms with Gasteiger partial charge in [-0.3, -0.25) is 0 Å². The Hall–Kier alpha value is -1.06. The molecule has 0 amide bonds. The van der Waals surface area contributed by atoms with Crippen LogP contribution in [0.4, 0.5) is 0 Å². The fraction of sp³-hybridized carbons (Fsp3) is 0.375. The van der Waals surface area contributed by atoms with Crippen LogP contribution in [0.1, 0.15) is 47.9 Å². The minimum Gasteiger partial charge on any atom is -0.457 e. The van der Waals surface area contributed by atoms with E-state index in [1.807, 2.05) is 13.1 Å². The average molecular weight is 320 g/mol. The molecule has 0 saturated heterocycles. The molecule has 0 bridgehead atoms. The Morgan fingerprint density at radius 1 is 1.21 bits per heavy atom. The molecule has 1 unspecified atom stereocenters. The molecular weight excluding hydrogens is 302 g/mol. The summed E-state index contributed by atoms with van der Waals surface area (Å²) < 4.78 is 6.13. The monoisotopic (exact) mass is 319 g/mol. The number of hydrogen-bond acceptors (Lipinski definition) is 2. The average Bonchev–Trinajstić information content (AvgIpc) is 2.77. The van der Waals surface area contributed by atoms with Gasteiger partial charge < -0.3 is 9.73 Å². The van der Waals surface area contributed by atoms with Crippen molar-refractivity contribution in [1.29, 1.82) is 0 Å². The van der Waals surface area contributed by atoms with Crippen molar-refractivity contribution >= 4 is 15.9 Å². The molecule has 1 saturated carbocycles. The van der Waals surface area contributed by atoms with Gasteiger partial charge in [0.25, 0.3) is 0 Å². The molecule has 1 atom stereocenters. The first-order valence-corrected chi connectivity index (χ1v) is 7.59. The Balaban J connectivity index is 1.85. The summed E-state index contributed by atoms with van der Waals surface area (Å²) >= 11 is 3.46. The molecule has 1 aromatic heterocycles. The van der Waals surface area contributed by atoms with E-state index in [2.05, 4.69) is 45.5 Å². The van der Waals surface area contributed by atoms with Gasteiger partial charge in [0.05, 0.1) is 12.3 Å². The van der Waals surface area contributed by atoms with Crippen molar-refractivity contribution in [2.45, 2.75) is 31.2 Å². The highest BCUT2D eigenvalue weighted by Gasteiger charge is 2.21. The van der Waals surface area contributed by atoms with Crippen molar-refractivity contribution in [2.24, 2.45) is 0 Å². The predicted octanol–water partition coefficient (Wildman–Crippen LogP) is 4.62. The first-order valence-electron chi connectivity index (χ1n) is 6.79. The molecule has 2 nitrogen and oxygen atoms in total. The van der Waals surface area contributed by atoms with Crippen molar-refractivity contribution in [3.63, 3.8) is 0 Å². The quantitative estimate of drug-likeness (QED) is 0.889. The second-order valence-electron chi connectivity index (χ2n) is 5.17. The van der Waals surface area contributed by atoms with Crippen LogP contribution >= 0.6 is 15.9 Å². The van der Waals surface area contributed by atoms with Gasteiger partial charge in [0.2, 0.25) is 0 Å². The molecule has 100 valence electrons. The van der Waals surface area contributed by atoms with E-state index in [-0.39, 0.29) is 6.04 Å². The van der Waals surface area contributed by atoms with E-state index in [0.717, 1.165) is 16.2 Å². The zero-order chi connectivity index (χ0) is 13.2. The van der Waals surface area contributed by atoms with Gasteiger partial charge in [-0.2, -0.15) is 0 Å². The number of furan rings is 1. The third kappa shape index (κ3) is 2.49. The Labute approximate surface area is 122 Å². The molecule has 1 heterocycles. The predicted molar refractivity (Wildman–Crippen MR) is 80.3 cm³/mol. The zero-order valence-corrected chi connectivity index (χ0v) is 12.6. The Morgan fingerprint density at radius 3 is 2.42 bits per heavy atom. The molecule has 1 aromatic carbocycles. The lowest BCUT2D eigenvalue weighted by molar-refractivity contribution is 0.419. The third-order valence-corrected chi connectivity index (χ3v) is 4.74. The van der Waals surface area contributed by atoms with Gasteiger partial charge in [0, 0.05) is 5.56 Å². The summed E-state index contributed by atoms with van der Waals surface area (Å²) in [5.41, 5.74) is 3.89. The normalized spacial score (nSPS) is 17.2. The van der Waals surface area contributed by atoms with Crippen molar-refractivity contribution in [3.05, 3.63) is 58.0 Å². The van der Waals surface area contributed by atoms with E-state index in [1.54, 1.807) is 6.26 Å². The summed E-state index contributed by atoms with van der Waals surface area (Å²) in [6.07, 6.45) is 5.80. The van der Waals surface area contributed by atoms with Crippen molar-refractivity contribution in [1.82, 2.24) is 5.32 Å². The van der Waals surface area contributed by atoms with Gasteiger partial charge in [-0.15, -0.1) is 0 Å². The smallest absolute Gasteiger partial charge is 0.174 e. The van der Waals surface area contributed by atoms with Crippen LogP contribution in [0.5, 0.6) is 0 Å². The minimum absolute atomic E-state index is 0.170. The van der Waals surface area contributed by atoms with Gasteiger partial charge in [-0.25, -0.2) is 0 Å². The molecule has 3 heteroatoms. The van der Waals surface area contributed by atoms with Crippen LogP contribution in [-0.4, -0.2) is 7.05 Å². The van der Waals surface area contributed by atoms with E-state index in [1.165, 1.54) is 30.4 Å². The second kappa shape index (κ2) is 5.51. The maximum atomic E-state index is 5.33. The summed E-state index contributed by atoms with van der Waals surface area (Å²) in [6.45, 7) is 0. The first kappa shape index (κ1) is 12.9. The molecule has 1 aliphatic rings. The van der Waals surface area contributed by atoms with E-state index >= 15 is 0 Å². The van der Waals surface area contributed by atoms with Gasteiger partial charge in [0.1, 0.15) is 0 Å². The highest BCUT2D eigenvalue weighted by Crippen LogP contribution is 2.37. The summed E-state index contributed by atoms with van der Waals surface area (Å²) in [7, 11) is 1.98. The second-order valence-corrected chi connectivity index (χ2v) is 5.89. The van der Waals surface area contributed by atoms with E-state index in [9.17, 15) is 0 Å². The van der Waals surface area contributed by atoms with Gasteiger partial charge >= 0.3 is 0 Å². The van der Waals surface area contributed by atoms with E-state index in [0.29, 0.717) is 0 Å². The molecule has 1 N–H and O–H groups in total. The first-order chi connectivity index (χ1) is 9.29. The molecule has 0 radical (unpaired) electrons. The van der Waals surface area contributed by atoms with Gasteiger partial charge in [-0.05, 0) is 58.9 Å². The number of benzene rings is 1. The summed E-state index contributed by atoms with van der Waals surface area (Å²) in [4.78, 5) is 0. The molecule has 1 aliphatic carbocycles. The zero-order valence-electron chi connectivity index (χ0n) is 11.0. The lowest BCUT2D eigenvalue weighted by atomic mass is 9.79. The topological polar surface area (TPSA) is 25.2 Å². The molecule has 1 fully saturated rings. The highest BCUT2D eigenvalue weighted by molar-refractivity contribution is 9.10. The number of hydrogen-bond donors (Lipinski definition) is 1.